The fraction of sp³-hybridized carbons (Fsp3) is 0.556. The molecule has 0 radical (unpaired) electrons. The summed E-state index contributed by atoms with van der Waals surface area (Å²) in [4.78, 5) is 12.1. The Hall–Kier alpha value is -2.27. The van der Waals surface area contributed by atoms with Gasteiger partial charge in [0, 0.05) is 19.4 Å². The first-order valence-electron chi connectivity index (χ1n) is 8.48. The Labute approximate surface area is 148 Å². The topological polar surface area (TPSA) is 82.3 Å². The summed E-state index contributed by atoms with van der Waals surface area (Å²) in [5.41, 5.74) is 1.01. The molecule has 26 heavy (non-hydrogen) atoms. The molecule has 8 heteroatoms. The SMILES string of the molecule is N#CC1=C(O)C[C@]2(CCC3=C2C=CC(OCCCC(F)(F)F)C3)NC1=O. The summed E-state index contributed by atoms with van der Waals surface area (Å²) in [7, 11) is 0. The van der Waals surface area contributed by atoms with Crippen LogP contribution < -0.4 is 5.32 Å². The fourth-order valence-electron chi connectivity index (χ4n) is 3.86. The molecular formula is C18H19F3N2O3. The second-order valence-electron chi connectivity index (χ2n) is 6.85. The van der Waals surface area contributed by atoms with Gasteiger partial charge in [0.2, 0.25) is 0 Å². The zero-order valence-corrected chi connectivity index (χ0v) is 14.0. The number of hydrogen-bond donors (Lipinski definition) is 2. The van der Waals surface area contributed by atoms with Crippen LogP contribution in [0.4, 0.5) is 13.2 Å². The van der Waals surface area contributed by atoms with Gasteiger partial charge in [-0.1, -0.05) is 17.7 Å². The zero-order chi connectivity index (χ0) is 18.9. The van der Waals surface area contributed by atoms with Crippen molar-refractivity contribution in [3.8, 4) is 6.07 Å². The number of ether oxygens (including phenoxy) is 1. The zero-order valence-electron chi connectivity index (χ0n) is 14.0. The number of halogens is 3. The van der Waals surface area contributed by atoms with E-state index >= 15 is 0 Å². The number of hydrogen-bond acceptors (Lipinski definition) is 4. The van der Waals surface area contributed by atoms with Crippen molar-refractivity contribution in [1.82, 2.24) is 5.32 Å². The van der Waals surface area contributed by atoms with E-state index in [9.17, 15) is 23.1 Å². The quantitative estimate of drug-likeness (QED) is 0.746. The lowest BCUT2D eigenvalue weighted by atomic mass is 9.81. The predicted octanol–water partition coefficient (Wildman–Crippen LogP) is 3.36. The Balaban J connectivity index is 1.63. The van der Waals surface area contributed by atoms with Gasteiger partial charge in [-0.15, -0.1) is 0 Å². The number of nitriles is 1. The summed E-state index contributed by atoms with van der Waals surface area (Å²) in [6, 6.07) is 1.71. The third-order valence-corrected chi connectivity index (χ3v) is 5.06. The van der Waals surface area contributed by atoms with Crippen LogP contribution in [0.5, 0.6) is 0 Å². The molecule has 3 aliphatic rings. The first-order valence-corrected chi connectivity index (χ1v) is 8.48. The maximum atomic E-state index is 12.2. The lowest BCUT2D eigenvalue weighted by Gasteiger charge is -2.36. The molecule has 0 aromatic heterocycles. The van der Waals surface area contributed by atoms with Crippen molar-refractivity contribution in [2.75, 3.05) is 6.61 Å². The van der Waals surface area contributed by atoms with Gasteiger partial charge in [-0.2, -0.15) is 18.4 Å². The Morgan fingerprint density at radius 3 is 2.88 bits per heavy atom. The molecule has 0 aromatic carbocycles. The number of amides is 1. The van der Waals surface area contributed by atoms with Crippen LogP contribution in [0.3, 0.4) is 0 Å². The van der Waals surface area contributed by atoms with Gasteiger partial charge >= 0.3 is 6.18 Å². The van der Waals surface area contributed by atoms with E-state index in [0.717, 1.165) is 11.1 Å². The van der Waals surface area contributed by atoms with Crippen molar-refractivity contribution < 1.29 is 27.8 Å². The van der Waals surface area contributed by atoms with Crippen LogP contribution in [-0.2, 0) is 9.53 Å². The minimum atomic E-state index is -4.17. The van der Waals surface area contributed by atoms with Crippen molar-refractivity contribution in [2.24, 2.45) is 0 Å². The first-order chi connectivity index (χ1) is 12.2. The summed E-state index contributed by atoms with van der Waals surface area (Å²) in [5, 5.41) is 21.8. The molecule has 3 rings (SSSR count). The molecule has 2 N–H and O–H groups in total. The average molecular weight is 368 g/mol. The number of rotatable bonds is 4. The summed E-state index contributed by atoms with van der Waals surface area (Å²) in [5.74, 6) is -0.784. The highest BCUT2D eigenvalue weighted by molar-refractivity contribution is 5.99. The third-order valence-electron chi connectivity index (χ3n) is 5.06. The maximum absolute atomic E-state index is 12.2. The number of nitrogens with zero attached hydrogens (tertiary/aromatic N) is 1. The lowest BCUT2D eigenvalue weighted by Crippen LogP contribution is -2.52. The molecule has 0 saturated heterocycles. The average Bonchev–Trinajstić information content (AvgIpc) is 2.88. The van der Waals surface area contributed by atoms with Gasteiger partial charge in [-0.3, -0.25) is 4.79 Å². The van der Waals surface area contributed by atoms with Gasteiger partial charge in [-0.25, -0.2) is 0 Å². The van der Waals surface area contributed by atoms with Crippen LogP contribution >= 0.6 is 0 Å². The molecule has 2 atom stereocenters. The molecule has 140 valence electrons. The van der Waals surface area contributed by atoms with Gasteiger partial charge in [0.1, 0.15) is 11.8 Å². The number of carbonyl (C=O) groups is 1. The van der Waals surface area contributed by atoms with Gasteiger partial charge in [0.25, 0.3) is 5.91 Å². The third kappa shape index (κ3) is 3.63. The van der Waals surface area contributed by atoms with E-state index in [2.05, 4.69) is 5.32 Å². The number of nitrogens with one attached hydrogen (secondary N) is 1. The molecule has 1 heterocycles. The van der Waals surface area contributed by atoms with Gasteiger partial charge < -0.3 is 15.2 Å². The highest BCUT2D eigenvalue weighted by atomic mass is 19.4. The van der Waals surface area contributed by atoms with Crippen LogP contribution in [0, 0.1) is 11.3 Å². The molecule has 0 aromatic rings. The van der Waals surface area contributed by atoms with Gasteiger partial charge in [0.15, 0.2) is 5.57 Å². The highest BCUT2D eigenvalue weighted by Gasteiger charge is 2.46. The second kappa shape index (κ2) is 6.80. The van der Waals surface area contributed by atoms with Gasteiger partial charge in [-0.05, 0) is 31.3 Å². The second-order valence-corrected chi connectivity index (χ2v) is 6.85. The van der Waals surface area contributed by atoms with E-state index in [1.54, 1.807) is 12.1 Å². The van der Waals surface area contributed by atoms with E-state index in [4.69, 9.17) is 10.00 Å². The number of aliphatic hydroxyl groups is 1. The molecular weight excluding hydrogens is 349 g/mol. The van der Waals surface area contributed by atoms with Crippen molar-refractivity contribution in [2.45, 2.75) is 56.3 Å². The van der Waals surface area contributed by atoms with Crippen LogP contribution in [0.1, 0.15) is 38.5 Å². The number of alkyl halides is 3. The summed E-state index contributed by atoms with van der Waals surface area (Å²) in [6.07, 6.45) is 0.264. The van der Waals surface area contributed by atoms with E-state index in [1.807, 2.05) is 6.08 Å². The van der Waals surface area contributed by atoms with E-state index < -0.39 is 24.0 Å². The van der Waals surface area contributed by atoms with Crippen LogP contribution in [0.25, 0.3) is 0 Å². The Morgan fingerprint density at radius 1 is 1.46 bits per heavy atom. The van der Waals surface area contributed by atoms with E-state index in [0.29, 0.717) is 19.3 Å². The van der Waals surface area contributed by atoms with Crippen molar-refractivity contribution in [3.05, 3.63) is 34.6 Å². The minimum Gasteiger partial charge on any atom is -0.511 e. The number of fused-ring (bicyclic) bond motifs is 1. The normalized spacial score (nSPS) is 28.4. The molecule has 0 saturated carbocycles. The van der Waals surface area contributed by atoms with Crippen molar-refractivity contribution in [3.63, 3.8) is 0 Å². The molecule has 1 spiro atoms. The Kier molecular flexibility index (Phi) is 4.84. The monoisotopic (exact) mass is 368 g/mol. The first kappa shape index (κ1) is 18.5. The summed E-state index contributed by atoms with van der Waals surface area (Å²) >= 11 is 0. The van der Waals surface area contributed by atoms with E-state index in [1.165, 1.54) is 0 Å². The molecule has 2 aliphatic carbocycles. The standard InChI is InChI=1S/C18H19F3N2O3/c19-18(20,21)5-1-7-26-12-2-3-14-11(8-12)4-6-17(14)9-15(24)13(10-22)16(25)23-17/h2-3,12,24H,1,4-9H2,(H,23,25)/t12?,17-/m0/s1. The highest BCUT2D eigenvalue weighted by Crippen LogP contribution is 2.46. The minimum absolute atomic E-state index is 0.0358. The molecule has 0 bridgehead atoms. The fourth-order valence-corrected chi connectivity index (χ4v) is 3.86. The van der Waals surface area contributed by atoms with Gasteiger partial charge in [0.05, 0.1) is 11.6 Å². The predicted molar refractivity (Wildman–Crippen MR) is 85.8 cm³/mol. The lowest BCUT2D eigenvalue weighted by molar-refractivity contribution is -0.138. The van der Waals surface area contributed by atoms with Crippen LogP contribution in [0.15, 0.2) is 34.6 Å². The Morgan fingerprint density at radius 2 is 2.23 bits per heavy atom. The summed E-state index contributed by atoms with van der Waals surface area (Å²) in [6.45, 7) is 0.0358. The molecule has 5 nitrogen and oxygen atoms in total. The smallest absolute Gasteiger partial charge is 0.389 e. The van der Waals surface area contributed by atoms with Crippen LogP contribution in [-0.4, -0.2) is 35.4 Å². The maximum Gasteiger partial charge on any atom is 0.389 e. The number of aliphatic hydroxyl groups excluding tert-OH is 1. The Bertz CT molecular complexity index is 746. The van der Waals surface area contributed by atoms with Crippen molar-refractivity contribution in [1.29, 1.82) is 5.26 Å². The van der Waals surface area contributed by atoms with Crippen LogP contribution in [0.2, 0.25) is 0 Å². The summed E-state index contributed by atoms with van der Waals surface area (Å²) < 4.78 is 42.0. The van der Waals surface area contributed by atoms with Crippen molar-refractivity contribution >= 4 is 5.91 Å². The molecule has 1 aliphatic heterocycles. The van der Waals surface area contributed by atoms with E-state index in [-0.39, 0.29) is 36.9 Å². The molecule has 1 unspecified atom stereocenters. The molecule has 0 fully saturated rings. The molecule has 1 amide bonds. The largest absolute Gasteiger partial charge is 0.511 e. The number of carbonyl (C=O) groups excluding carboxylic acids is 1.